The molecule has 1 aliphatic rings. The van der Waals surface area contributed by atoms with E-state index < -0.39 is 11.7 Å². The normalized spacial score (nSPS) is 19.3. The van der Waals surface area contributed by atoms with Crippen molar-refractivity contribution in [3.05, 3.63) is 17.8 Å². The fourth-order valence-electron chi connectivity index (χ4n) is 2.92. The second-order valence-corrected chi connectivity index (χ2v) is 6.02. The van der Waals surface area contributed by atoms with Gasteiger partial charge >= 0.3 is 11.9 Å². The van der Waals surface area contributed by atoms with Gasteiger partial charge in [-0.1, -0.05) is 0 Å². The van der Waals surface area contributed by atoms with E-state index in [1.807, 2.05) is 0 Å². The molecule has 142 valence electrons. The van der Waals surface area contributed by atoms with E-state index in [1.165, 1.54) is 20.4 Å². The Kier molecular flexibility index (Phi) is 6.90. The van der Waals surface area contributed by atoms with Crippen LogP contribution in [-0.4, -0.2) is 43.0 Å². The predicted octanol–water partition coefficient (Wildman–Crippen LogP) is 0.302. The maximum atomic E-state index is 11.7. The molecular formula is C17H23N3O6. The first-order valence-corrected chi connectivity index (χ1v) is 8.29. The molecular weight excluding hydrogens is 342 g/mol. The Morgan fingerprint density at radius 1 is 1.23 bits per heavy atom. The van der Waals surface area contributed by atoms with Crippen molar-refractivity contribution in [1.82, 2.24) is 10.4 Å². The Morgan fingerprint density at radius 3 is 2.50 bits per heavy atom. The first-order chi connectivity index (χ1) is 12.5. The molecule has 0 aromatic carbocycles. The van der Waals surface area contributed by atoms with Gasteiger partial charge in [-0.05, 0) is 25.7 Å². The number of Topliss-reactive ketones (excluding diaryl/α,β-unsaturated/α-hetero) is 1. The third-order valence-electron chi connectivity index (χ3n) is 4.37. The number of esters is 1. The highest BCUT2D eigenvalue weighted by atomic mass is 16.5. The number of carbonyl (C=O) groups excluding carboxylic acids is 3. The smallest absolute Gasteiger partial charge is 0.308 e. The van der Waals surface area contributed by atoms with E-state index in [0.29, 0.717) is 30.0 Å². The van der Waals surface area contributed by atoms with E-state index in [4.69, 9.17) is 20.1 Å². The van der Waals surface area contributed by atoms with Crippen molar-refractivity contribution in [2.24, 2.45) is 11.8 Å². The average Bonchev–Trinajstić information content (AvgIpc) is 2.68. The second-order valence-electron chi connectivity index (χ2n) is 6.02. The Bertz CT molecular complexity index is 670. The maximum absolute atomic E-state index is 11.7. The highest BCUT2D eigenvalue weighted by Gasteiger charge is 2.28. The number of ketones is 1. The molecule has 1 aliphatic carbocycles. The third-order valence-corrected chi connectivity index (χ3v) is 4.37. The van der Waals surface area contributed by atoms with Crippen molar-refractivity contribution in [3.8, 4) is 11.6 Å². The number of nitrogens with one attached hydrogen (secondary N) is 1. The Morgan fingerprint density at radius 2 is 1.92 bits per heavy atom. The first kappa shape index (κ1) is 19.6. The van der Waals surface area contributed by atoms with E-state index >= 15 is 0 Å². The van der Waals surface area contributed by atoms with Gasteiger partial charge in [-0.15, -0.1) is 0 Å². The Balaban J connectivity index is 1.98. The molecule has 1 fully saturated rings. The van der Waals surface area contributed by atoms with E-state index in [2.05, 4.69) is 4.98 Å². The minimum atomic E-state index is -0.880. The van der Waals surface area contributed by atoms with Crippen molar-refractivity contribution in [2.75, 3.05) is 14.2 Å². The second kappa shape index (κ2) is 9.14. The molecule has 26 heavy (non-hydrogen) atoms. The number of methoxy groups -OCH3 is 2. The number of pyridine rings is 1. The van der Waals surface area contributed by atoms with Crippen LogP contribution in [0.15, 0.2) is 12.3 Å². The molecule has 0 unspecified atom stereocenters. The molecule has 9 nitrogen and oxygen atoms in total. The molecule has 0 bridgehead atoms. The van der Waals surface area contributed by atoms with Crippen LogP contribution in [0.5, 0.6) is 11.6 Å². The molecule has 9 heteroatoms. The average molecular weight is 365 g/mol. The lowest BCUT2D eigenvalue weighted by Gasteiger charge is -2.27. The van der Waals surface area contributed by atoms with Gasteiger partial charge in [0.15, 0.2) is 0 Å². The summed E-state index contributed by atoms with van der Waals surface area (Å²) in [5, 5.41) is 0. The number of nitrogens with zero attached hydrogens (tertiary/aromatic N) is 1. The summed E-state index contributed by atoms with van der Waals surface area (Å²) in [5.74, 6) is 3.88. The van der Waals surface area contributed by atoms with E-state index in [1.54, 1.807) is 11.5 Å². The van der Waals surface area contributed by atoms with Gasteiger partial charge in [-0.25, -0.2) is 10.8 Å². The highest BCUT2D eigenvalue weighted by molar-refractivity contribution is 6.36. The lowest BCUT2D eigenvalue weighted by Crippen LogP contribution is -2.37. The number of rotatable bonds is 7. The van der Waals surface area contributed by atoms with Gasteiger partial charge in [0.2, 0.25) is 11.7 Å². The van der Waals surface area contributed by atoms with Crippen LogP contribution < -0.4 is 20.7 Å². The number of amides is 1. The van der Waals surface area contributed by atoms with E-state index in [0.717, 1.165) is 12.8 Å². The number of nitrogens with two attached hydrogens (primary N) is 1. The van der Waals surface area contributed by atoms with E-state index in [9.17, 15) is 14.4 Å². The quantitative estimate of drug-likeness (QED) is 0.232. The van der Waals surface area contributed by atoms with Crippen molar-refractivity contribution in [1.29, 1.82) is 0 Å². The van der Waals surface area contributed by atoms with Crippen molar-refractivity contribution in [2.45, 2.75) is 38.2 Å². The zero-order valence-electron chi connectivity index (χ0n) is 14.8. The molecule has 0 aliphatic heterocycles. The van der Waals surface area contributed by atoms with Crippen LogP contribution in [0, 0.1) is 5.92 Å². The predicted molar refractivity (Wildman–Crippen MR) is 90.2 cm³/mol. The fraction of sp³-hybridized carbons (Fsp3) is 0.529. The van der Waals surface area contributed by atoms with Crippen molar-refractivity contribution >= 4 is 17.7 Å². The van der Waals surface area contributed by atoms with Gasteiger partial charge in [0.05, 0.1) is 20.1 Å². The first-order valence-electron chi connectivity index (χ1n) is 8.29. The minimum Gasteiger partial charge on any atom is -0.496 e. The van der Waals surface area contributed by atoms with Crippen molar-refractivity contribution < 1.29 is 28.6 Å². The van der Waals surface area contributed by atoms with Gasteiger partial charge in [0.25, 0.3) is 0 Å². The number of ether oxygens (including phenoxy) is 3. The summed E-state index contributed by atoms with van der Waals surface area (Å²) in [5.41, 5.74) is 2.26. The molecule has 1 amide bonds. The van der Waals surface area contributed by atoms with E-state index in [-0.39, 0.29) is 24.4 Å². The number of hydrogen-bond donors (Lipinski definition) is 2. The van der Waals surface area contributed by atoms with Crippen LogP contribution >= 0.6 is 0 Å². The molecule has 1 saturated carbocycles. The standard InChI is InChI=1S/C17H23N3O6/c1-24-14-8-15(19-9-11(14)7-13(21)16(22)20-18)26-12-5-3-10(4-6-12)17(23)25-2/h8-10,12H,3-7,18H2,1-2H3,(H,20,22). The lowest BCUT2D eigenvalue weighted by atomic mass is 9.87. The number of hydrogen-bond acceptors (Lipinski definition) is 8. The van der Waals surface area contributed by atoms with Crippen LogP contribution in [-0.2, 0) is 25.5 Å². The van der Waals surface area contributed by atoms with Crippen molar-refractivity contribution in [3.63, 3.8) is 0 Å². The highest BCUT2D eigenvalue weighted by Crippen LogP contribution is 2.29. The molecule has 0 atom stereocenters. The molecule has 0 spiro atoms. The maximum Gasteiger partial charge on any atom is 0.308 e. The topological polar surface area (TPSA) is 130 Å². The number of hydrazine groups is 1. The summed E-state index contributed by atoms with van der Waals surface area (Å²) in [6.45, 7) is 0. The molecule has 1 aromatic heterocycles. The lowest BCUT2D eigenvalue weighted by molar-refractivity contribution is -0.147. The fourth-order valence-corrected chi connectivity index (χ4v) is 2.92. The molecule has 3 N–H and O–H groups in total. The summed E-state index contributed by atoms with van der Waals surface area (Å²) in [4.78, 5) is 38.7. The summed E-state index contributed by atoms with van der Waals surface area (Å²) in [6.07, 6.45) is 4.06. The zero-order chi connectivity index (χ0) is 19.1. The number of aromatic nitrogens is 1. The molecule has 0 saturated heterocycles. The van der Waals surface area contributed by atoms with Crippen LogP contribution in [0.2, 0.25) is 0 Å². The van der Waals surface area contributed by atoms with Gasteiger partial charge in [-0.2, -0.15) is 0 Å². The summed E-state index contributed by atoms with van der Waals surface area (Å²) in [6, 6.07) is 1.58. The van der Waals surface area contributed by atoms with Crippen LogP contribution in [0.3, 0.4) is 0 Å². The minimum absolute atomic E-state index is 0.0522. The summed E-state index contributed by atoms with van der Waals surface area (Å²) >= 11 is 0. The molecule has 1 aromatic rings. The summed E-state index contributed by atoms with van der Waals surface area (Å²) in [7, 11) is 2.85. The zero-order valence-corrected chi connectivity index (χ0v) is 14.8. The third kappa shape index (κ3) is 4.92. The SMILES string of the molecule is COC(=O)C1CCC(Oc2cc(OC)c(CC(=O)C(=O)NN)cn2)CC1. The van der Waals surface area contributed by atoms with Gasteiger partial charge < -0.3 is 14.2 Å². The van der Waals surface area contributed by atoms with Gasteiger partial charge in [0.1, 0.15) is 11.9 Å². The van der Waals surface area contributed by atoms with Crippen LogP contribution in [0.1, 0.15) is 31.2 Å². The van der Waals surface area contributed by atoms with Gasteiger partial charge in [0, 0.05) is 24.2 Å². The molecule has 1 heterocycles. The number of carbonyl (C=O) groups is 3. The summed E-state index contributed by atoms with van der Waals surface area (Å²) < 4.78 is 15.9. The Labute approximate surface area is 151 Å². The van der Waals surface area contributed by atoms with Crippen LogP contribution in [0.4, 0.5) is 0 Å². The molecule has 2 rings (SSSR count). The molecule has 0 radical (unpaired) electrons. The van der Waals surface area contributed by atoms with Crippen LogP contribution in [0.25, 0.3) is 0 Å². The monoisotopic (exact) mass is 365 g/mol. The Hall–Kier alpha value is -2.68. The largest absolute Gasteiger partial charge is 0.496 e. The van der Waals surface area contributed by atoms with Gasteiger partial charge in [-0.3, -0.25) is 19.8 Å².